The number of hydroxylamine groups is 1. The lowest BCUT2D eigenvalue weighted by molar-refractivity contribution is 0.0150. The van der Waals surface area contributed by atoms with Gasteiger partial charge in [0.2, 0.25) is 0 Å². The third-order valence-corrected chi connectivity index (χ3v) is 4.91. The lowest BCUT2D eigenvalue weighted by atomic mass is 9.98. The summed E-state index contributed by atoms with van der Waals surface area (Å²) >= 11 is 1.44. The van der Waals surface area contributed by atoms with Gasteiger partial charge in [-0.3, -0.25) is 14.4 Å². The largest absolute Gasteiger partial charge is 0.294 e. The molecule has 1 unspecified atom stereocenters. The Kier molecular flexibility index (Phi) is 4.17. The number of hydrogen-bond acceptors (Lipinski definition) is 4. The first-order chi connectivity index (χ1) is 12.2. The molecule has 0 spiro atoms. The maximum absolute atomic E-state index is 12.7. The van der Waals surface area contributed by atoms with E-state index in [1.807, 2.05) is 59.3 Å². The minimum absolute atomic E-state index is 0.00916. The van der Waals surface area contributed by atoms with Crippen LogP contribution in [0.25, 0.3) is 0 Å². The van der Waals surface area contributed by atoms with Crippen LogP contribution in [0, 0.1) is 0 Å². The van der Waals surface area contributed by atoms with Crippen LogP contribution < -0.4 is 5.06 Å². The van der Waals surface area contributed by atoms with Gasteiger partial charge in [0.05, 0.1) is 11.3 Å². The first kappa shape index (κ1) is 15.7. The van der Waals surface area contributed by atoms with Gasteiger partial charge < -0.3 is 0 Å². The molecule has 0 N–H and O–H groups in total. The van der Waals surface area contributed by atoms with Gasteiger partial charge in [0.25, 0.3) is 5.91 Å². The fourth-order valence-corrected chi connectivity index (χ4v) is 3.74. The molecule has 0 aliphatic carbocycles. The van der Waals surface area contributed by atoms with Crippen molar-refractivity contribution in [2.45, 2.75) is 12.5 Å². The second-order valence-corrected chi connectivity index (χ2v) is 6.51. The van der Waals surface area contributed by atoms with E-state index < -0.39 is 6.10 Å². The second-order valence-electron chi connectivity index (χ2n) is 5.76. The van der Waals surface area contributed by atoms with Crippen molar-refractivity contribution in [1.29, 1.82) is 0 Å². The summed E-state index contributed by atoms with van der Waals surface area (Å²) < 4.78 is 0. The van der Waals surface area contributed by atoms with Crippen molar-refractivity contribution in [2.24, 2.45) is 0 Å². The Balaban J connectivity index is 1.65. The van der Waals surface area contributed by atoms with Crippen LogP contribution >= 0.6 is 11.3 Å². The molecule has 124 valence electrons. The fourth-order valence-electron chi connectivity index (χ4n) is 2.87. The predicted octanol–water partition coefficient (Wildman–Crippen LogP) is 4.65. The first-order valence-electron chi connectivity index (χ1n) is 7.94. The lowest BCUT2D eigenvalue weighted by Gasteiger charge is -2.31. The van der Waals surface area contributed by atoms with Gasteiger partial charge in [0, 0.05) is 22.9 Å². The molecular formula is C20H15NO3S. The monoisotopic (exact) mass is 349 g/mol. The van der Waals surface area contributed by atoms with E-state index in [0.29, 0.717) is 16.8 Å². The van der Waals surface area contributed by atoms with Crippen LogP contribution in [0.1, 0.15) is 38.8 Å². The smallest absolute Gasteiger partial charge is 0.283 e. The molecule has 25 heavy (non-hydrogen) atoms. The highest BCUT2D eigenvalue weighted by molar-refractivity contribution is 7.08. The van der Waals surface area contributed by atoms with Crippen LogP contribution in [-0.4, -0.2) is 11.7 Å². The van der Waals surface area contributed by atoms with Gasteiger partial charge in [-0.05, 0) is 17.5 Å². The van der Waals surface area contributed by atoms with Gasteiger partial charge in [-0.1, -0.05) is 48.5 Å². The van der Waals surface area contributed by atoms with E-state index in [1.54, 1.807) is 12.1 Å². The quantitative estimate of drug-likeness (QED) is 0.644. The van der Waals surface area contributed by atoms with Crippen molar-refractivity contribution in [3.63, 3.8) is 0 Å². The minimum Gasteiger partial charge on any atom is -0.294 e. The third kappa shape index (κ3) is 2.99. The molecule has 2 heterocycles. The normalized spacial score (nSPS) is 16.6. The van der Waals surface area contributed by atoms with Crippen LogP contribution in [0.4, 0.5) is 5.69 Å². The zero-order chi connectivity index (χ0) is 17.2. The standard InChI is InChI=1S/C20H15NO3S/c22-18(14-7-3-1-4-8-14)11-19-16-12-25-13-17(16)20(23)21(24-19)15-9-5-2-6-10-15/h1-10,12-13,19H,11H2. The van der Waals surface area contributed by atoms with Gasteiger partial charge in [-0.2, -0.15) is 16.4 Å². The number of amides is 1. The van der Waals surface area contributed by atoms with Crippen molar-refractivity contribution in [3.05, 3.63) is 88.1 Å². The number of benzene rings is 2. The molecule has 1 amide bonds. The molecule has 0 saturated heterocycles. The number of Topliss-reactive ketones (excluding diaryl/α,β-unsaturated/α-hetero) is 1. The first-order valence-corrected chi connectivity index (χ1v) is 8.89. The van der Waals surface area contributed by atoms with E-state index in [9.17, 15) is 9.59 Å². The fraction of sp³-hybridized carbons (Fsp3) is 0.100. The molecule has 5 heteroatoms. The summed E-state index contributed by atoms with van der Waals surface area (Å²) in [6, 6.07) is 18.3. The summed E-state index contributed by atoms with van der Waals surface area (Å²) in [6.07, 6.45) is -0.295. The number of thiophene rings is 1. The molecule has 0 radical (unpaired) electrons. The molecule has 1 aliphatic rings. The number of rotatable bonds is 4. The molecule has 4 rings (SSSR count). The highest BCUT2D eigenvalue weighted by Crippen LogP contribution is 2.37. The molecule has 1 aliphatic heterocycles. The summed E-state index contributed by atoms with van der Waals surface area (Å²) in [7, 11) is 0. The predicted molar refractivity (Wildman–Crippen MR) is 96.8 cm³/mol. The highest BCUT2D eigenvalue weighted by Gasteiger charge is 2.35. The topological polar surface area (TPSA) is 46.6 Å². The molecule has 3 aromatic rings. The average Bonchev–Trinajstić information content (AvgIpc) is 3.16. The number of carbonyl (C=O) groups is 2. The molecule has 2 aromatic carbocycles. The van der Waals surface area contributed by atoms with Crippen molar-refractivity contribution < 1.29 is 14.4 Å². The van der Waals surface area contributed by atoms with Crippen molar-refractivity contribution in [3.8, 4) is 0 Å². The summed E-state index contributed by atoms with van der Waals surface area (Å²) in [6.45, 7) is 0. The molecular weight excluding hydrogens is 334 g/mol. The summed E-state index contributed by atoms with van der Waals surface area (Å²) in [5.74, 6) is -0.212. The summed E-state index contributed by atoms with van der Waals surface area (Å²) in [5.41, 5.74) is 2.69. The average molecular weight is 349 g/mol. The number of anilines is 1. The lowest BCUT2D eigenvalue weighted by Crippen LogP contribution is -2.38. The van der Waals surface area contributed by atoms with Crippen molar-refractivity contribution >= 4 is 28.7 Å². The molecule has 1 atom stereocenters. The van der Waals surface area contributed by atoms with Crippen LogP contribution in [0.3, 0.4) is 0 Å². The zero-order valence-electron chi connectivity index (χ0n) is 13.3. The molecule has 1 aromatic heterocycles. The van der Waals surface area contributed by atoms with Gasteiger partial charge in [0.1, 0.15) is 6.10 Å². The van der Waals surface area contributed by atoms with Crippen LogP contribution in [0.15, 0.2) is 71.4 Å². The van der Waals surface area contributed by atoms with Crippen LogP contribution in [-0.2, 0) is 4.84 Å². The molecule has 4 nitrogen and oxygen atoms in total. The number of carbonyl (C=O) groups excluding carboxylic acids is 2. The van der Waals surface area contributed by atoms with E-state index in [1.165, 1.54) is 16.4 Å². The molecule has 0 bridgehead atoms. The number of para-hydroxylation sites is 1. The number of fused-ring (bicyclic) bond motifs is 1. The van der Waals surface area contributed by atoms with Crippen LogP contribution in [0.5, 0.6) is 0 Å². The Morgan fingerprint density at radius 1 is 1.00 bits per heavy atom. The summed E-state index contributed by atoms with van der Waals surface area (Å²) in [4.78, 5) is 31.2. The Labute approximate surface area is 149 Å². The van der Waals surface area contributed by atoms with E-state index in [2.05, 4.69) is 0 Å². The minimum atomic E-state index is -0.480. The maximum atomic E-state index is 12.7. The van der Waals surface area contributed by atoms with Gasteiger partial charge in [-0.25, -0.2) is 0 Å². The van der Waals surface area contributed by atoms with Crippen LogP contribution in [0.2, 0.25) is 0 Å². The van der Waals surface area contributed by atoms with Crippen molar-refractivity contribution in [2.75, 3.05) is 5.06 Å². The van der Waals surface area contributed by atoms with E-state index in [0.717, 1.165) is 5.56 Å². The van der Waals surface area contributed by atoms with E-state index >= 15 is 0 Å². The maximum Gasteiger partial charge on any atom is 0.283 e. The Hall–Kier alpha value is -2.76. The summed E-state index contributed by atoms with van der Waals surface area (Å²) in [5, 5.41) is 4.99. The highest BCUT2D eigenvalue weighted by atomic mass is 32.1. The van der Waals surface area contributed by atoms with E-state index in [4.69, 9.17) is 4.84 Å². The van der Waals surface area contributed by atoms with Gasteiger partial charge in [0.15, 0.2) is 5.78 Å². The SMILES string of the molecule is O=C(CC1ON(c2ccccc2)C(=O)c2cscc21)c1ccccc1. The zero-order valence-corrected chi connectivity index (χ0v) is 14.1. The van der Waals surface area contributed by atoms with Gasteiger partial charge >= 0.3 is 0 Å². The number of ketones is 1. The van der Waals surface area contributed by atoms with Gasteiger partial charge in [-0.15, -0.1) is 0 Å². The Morgan fingerprint density at radius 2 is 1.68 bits per heavy atom. The number of hydrogen-bond donors (Lipinski definition) is 0. The Bertz CT molecular complexity index is 905. The third-order valence-electron chi connectivity index (χ3n) is 4.14. The van der Waals surface area contributed by atoms with E-state index in [-0.39, 0.29) is 18.1 Å². The molecule has 0 saturated carbocycles. The number of nitrogens with zero attached hydrogens (tertiary/aromatic N) is 1. The van der Waals surface area contributed by atoms with Crippen molar-refractivity contribution in [1.82, 2.24) is 0 Å². The Morgan fingerprint density at radius 3 is 2.40 bits per heavy atom. The second kappa shape index (κ2) is 6.63. The molecule has 0 fully saturated rings.